The van der Waals surface area contributed by atoms with E-state index in [4.69, 9.17) is 5.73 Å². The number of unbranched alkanes of at least 4 members (excludes halogenated alkanes) is 1. The fourth-order valence-electron chi connectivity index (χ4n) is 2.12. The second kappa shape index (κ2) is 7.95. The van der Waals surface area contributed by atoms with Gasteiger partial charge >= 0.3 is 0 Å². The Kier molecular flexibility index (Phi) is 6.57. The Bertz CT molecular complexity index is 403. The van der Waals surface area contributed by atoms with Crippen molar-refractivity contribution in [3.05, 3.63) is 35.4 Å². The highest BCUT2D eigenvalue weighted by Gasteiger charge is 2.19. The summed E-state index contributed by atoms with van der Waals surface area (Å²) in [5, 5.41) is 0. The van der Waals surface area contributed by atoms with Crippen LogP contribution in [0.25, 0.3) is 0 Å². The monoisotopic (exact) mass is 262 g/mol. The van der Waals surface area contributed by atoms with Crippen LogP contribution in [0.4, 0.5) is 0 Å². The van der Waals surface area contributed by atoms with Gasteiger partial charge < -0.3 is 10.6 Å². The van der Waals surface area contributed by atoms with Gasteiger partial charge in [-0.05, 0) is 31.4 Å². The zero-order valence-electron chi connectivity index (χ0n) is 12.4. The standard InChI is InChI=1S/C16H26N2O/c1-4-6-11-15(17)16(19)18(5-2)12-14-10-8-7-9-13(14)3/h7-10,15H,4-6,11-12,17H2,1-3H3. The summed E-state index contributed by atoms with van der Waals surface area (Å²) < 4.78 is 0. The molecule has 1 amide bonds. The molecule has 0 aliphatic carbocycles. The number of rotatable bonds is 7. The fourth-order valence-corrected chi connectivity index (χ4v) is 2.12. The molecule has 0 fully saturated rings. The normalized spacial score (nSPS) is 12.2. The molecule has 2 N–H and O–H groups in total. The van der Waals surface area contributed by atoms with Crippen LogP contribution in [0.1, 0.15) is 44.2 Å². The Balaban J connectivity index is 2.67. The summed E-state index contributed by atoms with van der Waals surface area (Å²) >= 11 is 0. The third-order valence-corrected chi connectivity index (χ3v) is 3.50. The second-order valence-electron chi connectivity index (χ2n) is 5.03. The Morgan fingerprint density at radius 3 is 2.58 bits per heavy atom. The summed E-state index contributed by atoms with van der Waals surface area (Å²) in [5.41, 5.74) is 8.39. The lowest BCUT2D eigenvalue weighted by molar-refractivity contribution is -0.133. The maximum absolute atomic E-state index is 12.3. The van der Waals surface area contributed by atoms with Gasteiger partial charge in [0.1, 0.15) is 0 Å². The van der Waals surface area contributed by atoms with Crippen molar-refractivity contribution >= 4 is 5.91 Å². The van der Waals surface area contributed by atoms with Crippen LogP contribution in [0, 0.1) is 6.92 Å². The van der Waals surface area contributed by atoms with E-state index < -0.39 is 0 Å². The van der Waals surface area contributed by atoms with Gasteiger partial charge in [-0.1, -0.05) is 44.0 Å². The largest absolute Gasteiger partial charge is 0.337 e. The van der Waals surface area contributed by atoms with Crippen molar-refractivity contribution in [2.24, 2.45) is 5.73 Å². The number of nitrogens with two attached hydrogens (primary N) is 1. The molecule has 1 aromatic rings. The third kappa shape index (κ3) is 4.67. The highest BCUT2D eigenvalue weighted by Crippen LogP contribution is 2.12. The third-order valence-electron chi connectivity index (χ3n) is 3.50. The van der Waals surface area contributed by atoms with Crippen LogP contribution >= 0.6 is 0 Å². The second-order valence-corrected chi connectivity index (χ2v) is 5.03. The molecule has 0 spiro atoms. The molecular weight excluding hydrogens is 236 g/mol. The first kappa shape index (κ1) is 15.7. The number of amides is 1. The van der Waals surface area contributed by atoms with E-state index >= 15 is 0 Å². The Morgan fingerprint density at radius 2 is 2.00 bits per heavy atom. The zero-order valence-corrected chi connectivity index (χ0v) is 12.4. The molecule has 1 rings (SSSR count). The molecule has 106 valence electrons. The minimum Gasteiger partial charge on any atom is -0.337 e. The van der Waals surface area contributed by atoms with Crippen LogP contribution in [-0.2, 0) is 11.3 Å². The summed E-state index contributed by atoms with van der Waals surface area (Å²) in [4.78, 5) is 14.1. The van der Waals surface area contributed by atoms with Gasteiger partial charge in [0, 0.05) is 13.1 Å². The van der Waals surface area contributed by atoms with Crippen LogP contribution in [0.5, 0.6) is 0 Å². The maximum atomic E-state index is 12.3. The van der Waals surface area contributed by atoms with E-state index in [0.29, 0.717) is 13.1 Å². The van der Waals surface area contributed by atoms with Crippen LogP contribution in [0.3, 0.4) is 0 Å². The number of aryl methyl sites for hydroxylation is 1. The molecule has 3 nitrogen and oxygen atoms in total. The molecular formula is C16H26N2O. The summed E-state index contributed by atoms with van der Waals surface area (Å²) in [7, 11) is 0. The average molecular weight is 262 g/mol. The van der Waals surface area contributed by atoms with E-state index in [1.165, 1.54) is 11.1 Å². The lowest BCUT2D eigenvalue weighted by Gasteiger charge is -2.25. The number of nitrogens with zero attached hydrogens (tertiary/aromatic N) is 1. The van der Waals surface area contributed by atoms with Gasteiger partial charge in [0.15, 0.2) is 0 Å². The SMILES string of the molecule is CCCCC(N)C(=O)N(CC)Cc1ccccc1C. The quantitative estimate of drug-likeness (QED) is 0.821. The van der Waals surface area contributed by atoms with Crippen LogP contribution in [-0.4, -0.2) is 23.4 Å². The van der Waals surface area contributed by atoms with Crippen molar-refractivity contribution in [2.45, 2.75) is 52.6 Å². The predicted molar refractivity (Wildman–Crippen MR) is 79.8 cm³/mol. The van der Waals surface area contributed by atoms with Crippen molar-refractivity contribution in [3.63, 3.8) is 0 Å². The van der Waals surface area contributed by atoms with E-state index in [1.54, 1.807) is 0 Å². The molecule has 0 bridgehead atoms. The predicted octanol–water partition coefficient (Wildman–Crippen LogP) is 2.86. The minimum atomic E-state index is -0.357. The smallest absolute Gasteiger partial charge is 0.239 e. The number of hydrogen-bond acceptors (Lipinski definition) is 2. The Hall–Kier alpha value is -1.35. The number of hydrogen-bond donors (Lipinski definition) is 1. The summed E-state index contributed by atoms with van der Waals surface area (Å²) in [6.45, 7) is 7.55. The van der Waals surface area contributed by atoms with Crippen molar-refractivity contribution in [2.75, 3.05) is 6.54 Å². The van der Waals surface area contributed by atoms with Crippen LogP contribution < -0.4 is 5.73 Å². The number of benzene rings is 1. The van der Waals surface area contributed by atoms with Gasteiger partial charge in [-0.2, -0.15) is 0 Å². The highest BCUT2D eigenvalue weighted by atomic mass is 16.2. The highest BCUT2D eigenvalue weighted by molar-refractivity contribution is 5.81. The summed E-state index contributed by atoms with van der Waals surface area (Å²) in [6.07, 6.45) is 2.86. The molecule has 0 radical (unpaired) electrons. The van der Waals surface area contributed by atoms with E-state index in [0.717, 1.165) is 19.3 Å². The molecule has 0 aliphatic rings. The van der Waals surface area contributed by atoms with Gasteiger partial charge in [0.2, 0.25) is 5.91 Å². The number of carbonyl (C=O) groups excluding carboxylic acids is 1. The molecule has 1 aromatic carbocycles. The first-order valence-electron chi connectivity index (χ1n) is 7.19. The molecule has 0 aromatic heterocycles. The molecule has 19 heavy (non-hydrogen) atoms. The summed E-state index contributed by atoms with van der Waals surface area (Å²) in [5.74, 6) is 0.0687. The summed E-state index contributed by atoms with van der Waals surface area (Å²) in [6, 6.07) is 7.82. The molecule has 0 saturated carbocycles. The van der Waals surface area contributed by atoms with Gasteiger partial charge in [-0.25, -0.2) is 0 Å². The van der Waals surface area contributed by atoms with Gasteiger partial charge in [-0.3, -0.25) is 4.79 Å². The van der Waals surface area contributed by atoms with Crippen LogP contribution in [0.15, 0.2) is 24.3 Å². The zero-order chi connectivity index (χ0) is 14.3. The molecule has 0 aliphatic heterocycles. The van der Waals surface area contributed by atoms with Crippen molar-refractivity contribution in [3.8, 4) is 0 Å². The first-order chi connectivity index (χ1) is 9.10. The minimum absolute atomic E-state index is 0.0687. The van der Waals surface area contributed by atoms with Crippen molar-refractivity contribution in [1.82, 2.24) is 4.90 Å². The van der Waals surface area contributed by atoms with Crippen LogP contribution in [0.2, 0.25) is 0 Å². The van der Waals surface area contributed by atoms with Crippen molar-refractivity contribution < 1.29 is 4.79 Å². The van der Waals surface area contributed by atoms with E-state index in [1.807, 2.05) is 24.0 Å². The molecule has 1 atom stereocenters. The number of carbonyl (C=O) groups is 1. The molecule has 3 heteroatoms. The van der Waals surface area contributed by atoms with Gasteiger partial charge in [-0.15, -0.1) is 0 Å². The molecule has 1 unspecified atom stereocenters. The number of likely N-dealkylation sites (N-methyl/N-ethyl adjacent to an activating group) is 1. The Morgan fingerprint density at radius 1 is 1.32 bits per heavy atom. The first-order valence-corrected chi connectivity index (χ1v) is 7.19. The molecule has 0 saturated heterocycles. The fraction of sp³-hybridized carbons (Fsp3) is 0.562. The van der Waals surface area contributed by atoms with Gasteiger partial charge in [0.25, 0.3) is 0 Å². The lowest BCUT2D eigenvalue weighted by Crippen LogP contribution is -2.43. The van der Waals surface area contributed by atoms with Crippen molar-refractivity contribution in [1.29, 1.82) is 0 Å². The van der Waals surface area contributed by atoms with E-state index in [2.05, 4.69) is 26.0 Å². The van der Waals surface area contributed by atoms with E-state index in [-0.39, 0.29) is 11.9 Å². The van der Waals surface area contributed by atoms with Gasteiger partial charge in [0.05, 0.1) is 6.04 Å². The van der Waals surface area contributed by atoms with E-state index in [9.17, 15) is 4.79 Å². The average Bonchev–Trinajstić information content (AvgIpc) is 2.43. The maximum Gasteiger partial charge on any atom is 0.239 e. The topological polar surface area (TPSA) is 46.3 Å². The lowest BCUT2D eigenvalue weighted by atomic mass is 10.1. The molecule has 0 heterocycles. The Labute approximate surface area is 116 Å².